The van der Waals surface area contributed by atoms with Crippen LogP contribution in [0.1, 0.15) is 48.3 Å². The highest BCUT2D eigenvalue weighted by molar-refractivity contribution is 6.09. The van der Waals surface area contributed by atoms with Gasteiger partial charge in [0, 0.05) is 28.3 Å². The summed E-state index contributed by atoms with van der Waals surface area (Å²) in [7, 11) is 2.13. The maximum absolute atomic E-state index is 13.8. The molecule has 2 aromatic carbocycles. The molecule has 0 saturated heterocycles. The molecule has 160 valence electrons. The van der Waals surface area contributed by atoms with E-state index in [1.165, 1.54) is 59.3 Å². The van der Waals surface area contributed by atoms with Gasteiger partial charge in [-0.2, -0.15) is 13.9 Å². The molecule has 32 heavy (non-hydrogen) atoms. The number of halogens is 1. The second-order valence-corrected chi connectivity index (χ2v) is 9.20. The van der Waals surface area contributed by atoms with Gasteiger partial charge >= 0.3 is 0 Å². The molecule has 0 N–H and O–H groups in total. The van der Waals surface area contributed by atoms with Crippen molar-refractivity contribution in [3.63, 3.8) is 0 Å². The van der Waals surface area contributed by atoms with Gasteiger partial charge in [0.05, 0.1) is 5.56 Å². The standard InChI is InChI=1S/C28H26FN2O/c1-16-14-22-20-12-13-25(29)30-28(20)32-27(22)26(17(16)2)24-15-21(18-8-4-5-9-18)19-10-6-7-11-23(19)31(24)3/h6-7,10-15,18H,4-5,8-9H2,1-3H3/q+1. The van der Waals surface area contributed by atoms with Crippen LogP contribution in [0.15, 0.2) is 52.9 Å². The summed E-state index contributed by atoms with van der Waals surface area (Å²) in [5.74, 6) is 0.0678. The number of aromatic nitrogens is 2. The van der Waals surface area contributed by atoms with Crippen molar-refractivity contribution >= 4 is 33.0 Å². The molecule has 3 nitrogen and oxygen atoms in total. The van der Waals surface area contributed by atoms with Crippen LogP contribution in [-0.2, 0) is 7.05 Å². The Morgan fingerprint density at radius 2 is 1.75 bits per heavy atom. The normalized spacial score (nSPS) is 14.9. The highest BCUT2D eigenvalue weighted by atomic mass is 19.1. The van der Waals surface area contributed by atoms with Crippen molar-refractivity contribution in [3.8, 4) is 11.3 Å². The van der Waals surface area contributed by atoms with E-state index < -0.39 is 5.95 Å². The molecule has 0 atom stereocenters. The van der Waals surface area contributed by atoms with E-state index in [1.54, 1.807) is 6.07 Å². The summed E-state index contributed by atoms with van der Waals surface area (Å²) in [6, 6.07) is 16.4. The number of fused-ring (bicyclic) bond motifs is 4. The summed E-state index contributed by atoms with van der Waals surface area (Å²) in [6.45, 7) is 4.28. The summed E-state index contributed by atoms with van der Waals surface area (Å²) in [6.07, 6.45) is 5.08. The molecule has 3 aromatic heterocycles. The third-order valence-electron chi connectivity index (χ3n) is 7.40. The number of pyridine rings is 2. The van der Waals surface area contributed by atoms with Crippen molar-refractivity contribution < 1.29 is 13.4 Å². The monoisotopic (exact) mass is 425 g/mol. The Morgan fingerprint density at radius 3 is 2.56 bits per heavy atom. The second kappa shape index (κ2) is 7.13. The van der Waals surface area contributed by atoms with Gasteiger partial charge in [0.25, 0.3) is 0 Å². The van der Waals surface area contributed by atoms with Gasteiger partial charge in [-0.25, -0.2) is 0 Å². The van der Waals surface area contributed by atoms with Crippen LogP contribution in [0.2, 0.25) is 0 Å². The van der Waals surface area contributed by atoms with Gasteiger partial charge < -0.3 is 4.42 Å². The van der Waals surface area contributed by atoms with Crippen LogP contribution in [0.5, 0.6) is 0 Å². The predicted molar refractivity (Wildman–Crippen MR) is 126 cm³/mol. The number of rotatable bonds is 2. The Hall–Kier alpha value is -3.27. The van der Waals surface area contributed by atoms with Gasteiger partial charge in [0.1, 0.15) is 7.05 Å². The molecule has 0 radical (unpaired) electrons. The zero-order chi connectivity index (χ0) is 22.0. The zero-order valence-corrected chi connectivity index (χ0v) is 18.7. The molecule has 0 spiro atoms. The molecule has 1 fully saturated rings. The fourth-order valence-electron chi connectivity index (χ4n) is 5.58. The average Bonchev–Trinajstić information content (AvgIpc) is 3.44. The molecule has 3 heterocycles. The minimum absolute atomic E-state index is 0.353. The third-order valence-corrected chi connectivity index (χ3v) is 7.40. The number of aryl methyl sites for hydroxylation is 2. The third kappa shape index (κ3) is 2.78. The molecule has 0 bridgehead atoms. The first-order valence-electron chi connectivity index (χ1n) is 11.4. The van der Waals surface area contributed by atoms with E-state index in [-0.39, 0.29) is 0 Å². The van der Waals surface area contributed by atoms with Crippen LogP contribution in [-0.4, -0.2) is 4.98 Å². The van der Waals surface area contributed by atoms with E-state index in [1.807, 2.05) is 0 Å². The number of benzene rings is 2. The number of nitrogens with zero attached hydrogens (tertiary/aromatic N) is 2. The largest absolute Gasteiger partial charge is 0.437 e. The molecule has 1 aliphatic rings. The van der Waals surface area contributed by atoms with E-state index in [9.17, 15) is 4.39 Å². The Labute approximate surface area is 186 Å². The van der Waals surface area contributed by atoms with Crippen molar-refractivity contribution in [2.75, 3.05) is 0 Å². The van der Waals surface area contributed by atoms with Gasteiger partial charge in [-0.3, -0.25) is 0 Å². The van der Waals surface area contributed by atoms with Crippen LogP contribution < -0.4 is 4.57 Å². The minimum Gasteiger partial charge on any atom is -0.437 e. The fraction of sp³-hybridized carbons (Fsp3) is 0.286. The summed E-state index contributed by atoms with van der Waals surface area (Å²) in [5.41, 5.74) is 8.37. The van der Waals surface area contributed by atoms with Crippen LogP contribution in [0.25, 0.3) is 44.2 Å². The van der Waals surface area contributed by atoms with Crippen LogP contribution in [0.3, 0.4) is 0 Å². The molecular formula is C28H26FN2O+. The molecule has 1 saturated carbocycles. The predicted octanol–water partition coefficient (Wildman–Crippen LogP) is 7.04. The molecule has 0 unspecified atom stereocenters. The lowest BCUT2D eigenvalue weighted by Gasteiger charge is -2.16. The summed E-state index contributed by atoms with van der Waals surface area (Å²) in [5, 5.41) is 3.17. The van der Waals surface area contributed by atoms with Crippen LogP contribution >= 0.6 is 0 Å². The first kappa shape index (κ1) is 19.4. The Bertz CT molecular complexity index is 1530. The first-order chi connectivity index (χ1) is 15.5. The van der Waals surface area contributed by atoms with Crippen molar-refractivity contribution in [2.24, 2.45) is 7.05 Å². The number of para-hydroxylation sites is 1. The number of hydrogen-bond donors (Lipinski definition) is 0. The van der Waals surface area contributed by atoms with Gasteiger partial charge in [-0.15, -0.1) is 0 Å². The average molecular weight is 426 g/mol. The molecule has 4 heteroatoms. The molecule has 1 aliphatic carbocycles. The topological polar surface area (TPSA) is 29.9 Å². The highest BCUT2D eigenvalue weighted by Crippen LogP contribution is 2.42. The van der Waals surface area contributed by atoms with Gasteiger partial charge in [0.15, 0.2) is 5.58 Å². The molecular weight excluding hydrogens is 399 g/mol. The van der Waals surface area contributed by atoms with E-state index in [0.29, 0.717) is 11.6 Å². The highest BCUT2D eigenvalue weighted by Gasteiger charge is 2.28. The Balaban J connectivity index is 1.74. The Morgan fingerprint density at radius 1 is 0.969 bits per heavy atom. The first-order valence-corrected chi connectivity index (χ1v) is 11.4. The molecule has 0 aliphatic heterocycles. The summed E-state index contributed by atoms with van der Waals surface area (Å²) < 4.78 is 22.3. The lowest BCUT2D eigenvalue weighted by Crippen LogP contribution is -2.33. The van der Waals surface area contributed by atoms with Crippen molar-refractivity contribution in [2.45, 2.75) is 45.4 Å². The lowest BCUT2D eigenvalue weighted by molar-refractivity contribution is -0.633. The van der Waals surface area contributed by atoms with Crippen LogP contribution in [0, 0.1) is 19.8 Å². The van der Waals surface area contributed by atoms with E-state index in [2.05, 4.69) is 66.8 Å². The van der Waals surface area contributed by atoms with E-state index in [0.717, 1.165) is 27.6 Å². The minimum atomic E-state index is -0.522. The smallest absolute Gasteiger partial charge is 0.229 e. The van der Waals surface area contributed by atoms with Crippen molar-refractivity contribution in [1.82, 2.24) is 4.98 Å². The van der Waals surface area contributed by atoms with E-state index >= 15 is 0 Å². The number of furan rings is 1. The maximum atomic E-state index is 13.8. The lowest BCUT2D eigenvalue weighted by atomic mass is 9.90. The SMILES string of the molecule is Cc1cc2c(oc3nc(F)ccc32)c(-c2cc(C3CCCC3)c3ccccc3[n+]2C)c1C. The van der Waals surface area contributed by atoms with Crippen molar-refractivity contribution in [3.05, 3.63) is 71.2 Å². The van der Waals surface area contributed by atoms with Crippen molar-refractivity contribution in [1.29, 1.82) is 0 Å². The Kier molecular flexibility index (Phi) is 4.32. The maximum Gasteiger partial charge on any atom is 0.229 e. The fourth-order valence-corrected chi connectivity index (χ4v) is 5.58. The second-order valence-electron chi connectivity index (χ2n) is 9.20. The summed E-state index contributed by atoms with van der Waals surface area (Å²) in [4.78, 5) is 4.02. The zero-order valence-electron chi connectivity index (χ0n) is 18.7. The van der Waals surface area contributed by atoms with E-state index in [4.69, 9.17) is 4.42 Å². The van der Waals surface area contributed by atoms with Gasteiger partial charge in [-0.1, -0.05) is 25.0 Å². The molecule has 6 rings (SSSR count). The van der Waals surface area contributed by atoms with Crippen LogP contribution in [0.4, 0.5) is 4.39 Å². The quantitative estimate of drug-likeness (QED) is 0.224. The summed E-state index contributed by atoms with van der Waals surface area (Å²) >= 11 is 0. The van der Waals surface area contributed by atoms with Gasteiger partial charge in [-0.05, 0) is 73.6 Å². The van der Waals surface area contributed by atoms with Gasteiger partial charge in [0.2, 0.25) is 22.9 Å². The molecule has 5 aromatic rings. The molecule has 0 amide bonds. The number of hydrogen-bond acceptors (Lipinski definition) is 2.